The Kier molecular flexibility index (Phi) is 6.12. The van der Waals surface area contributed by atoms with E-state index in [9.17, 15) is 0 Å². The van der Waals surface area contributed by atoms with Crippen molar-refractivity contribution in [2.75, 3.05) is 7.11 Å². The molecule has 5 nitrogen and oxygen atoms in total. The van der Waals surface area contributed by atoms with E-state index in [1.54, 1.807) is 7.11 Å². The normalized spacial score (nSPS) is 10.9. The van der Waals surface area contributed by atoms with E-state index < -0.39 is 0 Å². The fourth-order valence-electron chi connectivity index (χ4n) is 3.40. The van der Waals surface area contributed by atoms with Gasteiger partial charge in [-0.25, -0.2) is 9.52 Å². The first kappa shape index (κ1) is 20.1. The number of nitrogens with zero attached hydrogens (tertiary/aromatic N) is 3. The summed E-state index contributed by atoms with van der Waals surface area (Å²) in [6, 6.07) is 24.9. The molecule has 1 heterocycles. The first-order valence-corrected chi connectivity index (χ1v) is 10.1. The van der Waals surface area contributed by atoms with Gasteiger partial charge < -0.3 is 4.74 Å². The topological polar surface area (TPSA) is 52.0 Å². The minimum absolute atomic E-state index is 0.451. The molecule has 4 rings (SSSR count). The predicted molar refractivity (Wildman–Crippen MR) is 120 cm³/mol. The van der Waals surface area contributed by atoms with Crippen LogP contribution in [0.3, 0.4) is 0 Å². The van der Waals surface area contributed by atoms with Gasteiger partial charge in [0.05, 0.1) is 25.0 Å². The monoisotopic (exact) mass is 418 g/mol. The molecule has 0 aliphatic carbocycles. The average molecular weight is 419 g/mol. The van der Waals surface area contributed by atoms with Crippen molar-refractivity contribution in [1.82, 2.24) is 19.8 Å². The summed E-state index contributed by atoms with van der Waals surface area (Å²) in [4.78, 5) is 2.67. The lowest BCUT2D eigenvalue weighted by Crippen LogP contribution is -2.07. The van der Waals surface area contributed by atoms with Crippen LogP contribution < -0.4 is 9.57 Å². The number of aromatic nitrogens is 3. The number of rotatable bonds is 7. The van der Waals surface area contributed by atoms with Crippen LogP contribution in [0.2, 0.25) is 0 Å². The maximum atomic E-state index is 5.76. The zero-order valence-electron chi connectivity index (χ0n) is 17.0. The van der Waals surface area contributed by atoms with Crippen LogP contribution in [-0.4, -0.2) is 22.1 Å². The summed E-state index contributed by atoms with van der Waals surface area (Å²) in [7, 11) is 1.67. The molecule has 3 aromatic carbocycles. The van der Waals surface area contributed by atoms with Crippen LogP contribution in [0.5, 0.6) is 5.75 Å². The van der Waals surface area contributed by atoms with Crippen LogP contribution in [0.15, 0.2) is 72.8 Å². The molecule has 6 heteroatoms. The van der Waals surface area contributed by atoms with Crippen LogP contribution >= 0.6 is 11.8 Å². The summed E-state index contributed by atoms with van der Waals surface area (Å²) < 4.78 is 7.13. The SMILES string of the molecule is COc1ccc(-c2ccc(Cc3c(CNCl)nnn3-c3ccc(C)cc3)cc2)cc1. The van der Waals surface area contributed by atoms with Crippen LogP contribution in [0.1, 0.15) is 22.5 Å². The fourth-order valence-corrected chi connectivity index (χ4v) is 3.52. The summed E-state index contributed by atoms with van der Waals surface area (Å²) in [6.45, 7) is 2.52. The zero-order valence-corrected chi connectivity index (χ0v) is 17.7. The van der Waals surface area contributed by atoms with Gasteiger partial charge in [-0.05, 0) is 59.7 Å². The maximum Gasteiger partial charge on any atom is 0.118 e. The van der Waals surface area contributed by atoms with Crippen molar-refractivity contribution in [1.29, 1.82) is 0 Å². The Morgan fingerprint density at radius 3 is 2.13 bits per heavy atom. The van der Waals surface area contributed by atoms with Crippen LogP contribution in [0.25, 0.3) is 16.8 Å². The molecule has 152 valence electrons. The van der Waals surface area contributed by atoms with E-state index in [1.807, 2.05) is 16.8 Å². The number of benzene rings is 3. The summed E-state index contributed by atoms with van der Waals surface area (Å²) in [6.07, 6.45) is 0.706. The minimum Gasteiger partial charge on any atom is -0.497 e. The van der Waals surface area contributed by atoms with Gasteiger partial charge in [-0.3, -0.25) is 0 Å². The highest BCUT2D eigenvalue weighted by Crippen LogP contribution is 2.24. The molecule has 1 aromatic heterocycles. The second-order valence-corrected chi connectivity index (χ2v) is 7.41. The largest absolute Gasteiger partial charge is 0.497 e. The standard InChI is InChI=1S/C24H23ClN4O/c1-17-3-11-21(12-4-17)29-24(23(16-26-25)27-28-29)15-18-5-7-19(8-6-18)20-9-13-22(30-2)14-10-20/h3-14,26H,15-16H2,1-2H3. The van der Waals surface area contributed by atoms with Gasteiger partial charge in [0, 0.05) is 6.42 Å². The minimum atomic E-state index is 0.451. The molecular formula is C24H23ClN4O. The van der Waals surface area contributed by atoms with Crippen LogP contribution in [0, 0.1) is 6.92 Å². The molecule has 4 aromatic rings. The third kappa shape index (κ3) is 4.37. The van der Waals surface area contributed by atoms with Crippen LogP contribution in [-0.2, 0) is 13.0 Å². The van der Waals surface area contributed by atoms with Gasteiger partial charge in [0.15, 0.2) is 0 Å². The molecule has 0 amide bonds. The van der Waals surface area contributed by atoms with E-state index in [0.717, 1.165) is 34.0 Å². The second kappa shape index (κ2) is 9.11. The van der Waals surface area contributed by atoms with Gasteiger partial charge in [-0.2, -0.15) is 0 Å². The summed E-state index contributed by atoms with van der Waals surface area (Å²) in [5.74, 6) is 0.854. The lowest BCUT2D eigenvalue weighted by molar-refractivity contribution is 0.415. The van der Waals surface area contributed by atoms with Crippen molar-refractivity contribution in [3.05, 3.63) is 95.3 Å². The first-order chi connectivity index (χ1) is 14.7. The number of nitrogens with one attached hydrogen (secondary N) is 1. The first-order valence-electron chi connectivity index (χ1n) is 9.75. The second-order valence-electron chi connectivity index (χ2n) is 7.14. The average Bonchev–Trinajstić information content (AvgIpc) is 3.17. The quantitative estimate of drug-likeness (QED) is 0.425. The van der Waals surface area contributed by atoms with Gasteiger partial charge in [0.25, 0.3) is 0 Å². The van der Waals surface area contributed by atoms with Crippen molar-refractivity contribution in [3.63, 3.8) is 0 Å². The molecule has 0 spiro atoms. The molecule has 0 atom stereocenters. The number of methoxy groups -OCH3 is 1. The predicted octanol–water partition coefficient (Wildman–Crippen LogP) is 5.09. The Morgan fingerprint density at radius 1 is 0.900 bits per heavy atom. The van der Waals surface area contributed by atoms with Crippen molar-refractivity contribution < 1.29 is 4.74 Å². The highest BCUT2D eigenvalue weighted by atomic mass is 35.5. The van der Waals surface area contributed by atoms with Crippen molar-refractivity contribution in [3.8, 4) is 22.6 Å². The number of ether oxygens (including phenoxy) is 1. The van der Waals surface area contributed by atoms with E-state index in [2.05, 4.69) is 82.7 Å². The van der Waals surface area contributed by atoms with Gasteiger partial charge >= 0.3 is 0 Å². The number of aryl methyl sites for hydroxylation is 1. The number of hydrogen-bond acceptors (Lipinski definition) is 4. The lowest BCUT2D eigenvalue weighted by atomic mass is 10.0. The molecule has 1 N–H and O–H groups in total. The summed E-state index contributed by atoms with van der Waals surface area (Å²) >= 11 is 5.76. The van der Waals surface area contributed by atoms with Gasteiger partial charge in [-0.1, -0.05) is 59.3 Å². The molecule has 30 heavy (non-hydrogen) atoms. The summed E-state index contributed by atoms with van der Waals surface area (Å²) in [5.41, 5.74) is 7.54. The maximum absolute atomic E-state index is 5.76. The highest BCUT2D eigenvalue weighted by Gasteiger charge is 2.15. The Bertz CT molecular complexity index is 1100. The van der Waals surface area contributed by atoms with Gasteiger partial charge in [0.2, 0.25) is 0 Å². The van der Waals surface area contributed by atoms with Crippen molar-refractivity contribution in [2.24, 2.45) is 0 Å². The third-order valence-corrected chi connectivity index (χ3v) is 5.24. The Balaban J connectivity index is 1.61. The molecule has 0 radical (unpaired) electrons. The number of hydrogen-bond donors (Lipinski definition) is 1. The number of halogens is 1. The Hall–Kier alpha value is -3.15. The molecule has 0 saturated carbocycles. The molecule has 0 saturated heterocycles. The van der Waals surface area contributed by atoms with E-state index in [4.69, 9.17) is 16.5 Å². The van der Waals surface area contributed by atoms with E-state index in [1.165, 1.54) is 11.1 Å². The van der Waals surface area contributed by atoms with Crippen molar-refractivity contribution in [2.45, 2.75) is 19.9 Å². The smallest absolute Gasteiger partial charge is 0.118 e. The van der Waals surface area contributed by atoms with E-state index in [-0.39, 0.29) is 0 Å². The third-order valence-electron chi connectivity index (χ3n) is 5.11. The molecule has 0 aliphatic heterocycles. The van der Waals surface area contributed by atoms with Crippen LogP contribution in [0.4, 0.5) is 0 Å². The lowest BCUT2D eigenvalue weighted by Gasteiger charge is -2.10. The molecule has 0 fully saturated rings. The Morgan fingerprint density at radius 2 is 1.53 bits per heavy atom. The van der Waals surface area contributed by atoms with E-state index >= 15 is 0 Å². The fraction of sp³-hybridized carbons (Fsp3) is 0.167. The summed E-state index contributed by atoms with van der Waals surface area (Å²) in [5, 5.41) is 8.70. The molecular weight excluding hydrogens is 396 g/mol. The Labute approximate surface area is 181 Å². The van der Waals surface area contributed by atoms with E-state index in [0.29, 0.717) is 13.0 Å². The molecule has 0 bridgehead atoms. The van der Waals surface area contributed by atoms with Crippen molar-refractivity contribution >= 4 is 11.8 Å². The highest BCUT2D eigenvalue weighted by molar-refractivity contribution is 6.13. The molecule has 0 aliphatic rings. The van der Waals surface area contributed by atoms with Gasteiger partial charge in [-0.15, -0.1) is 5.10 Å². The molecule has 0 unspecified atom stereocenters. The zero-order chi connectivity index (χ0) is 20.9. The van der Waals surface area contributed by atoms with Gasteiger partial charge in [0.1, 0.15) is 11.4 Å².